The van der Waals surface area contributed by atoms with Gasteiger partial charge in [-0.1, -0.05) is 0 Å². The third kappa shape index (κ3) is 1.97. The van der Waals surface area contributed by atoms with E-state index in [2.05, 4.69) is 20.4 Å². The molecule has 0 spiro atoms. The van der Waals surface area contributed by atoms with E-state index in [-0.39, 0.29) is 17.2 Å². The zero-order valence-electron chi connectivity index (χ0n) is 8.64. The van der Waals surface area contributed by atoms with Crippen LogP contribution in [0.15, 0.2) is 29.3 Å². The average molecular weight is 228 g/mol. The van der Waals surface area contributed by atoms with Gasteiger partial charge in [-0.15, -0.1) is 0 Å². The van der Waals surface area contributed by atoms with Gasteiger partial charge in [0.25, 0.3) is 5.56 Å². The largest absolute Gasteiger partial charge is 0.294 e. The van der Waals surface area contributed by atoms with Gasteiger partial charge in [0.15, 0.2) is 0 Å². The summed E-state index contributed by atoms with van der Waals surface area (Å²) in [6.07, 6.45) is 3.10. The Labute approximate surface area is 95.9 Å². The lowest BCUT2D eigenvalue weighted by Gasteiger charge is -2.05. The minimum atomic E-state index is -0.540. The molecule has 84 valence electrons. The molecule has 2 aromatic rings. The van der Waals surface area contributed by atoms with Crippen LogP contribution in [0, 0.1) is 11.3 Å². The van der Waals surface area contributed by atoms with Crippen LogP contribution in [0.5, 0.6) is 0 Å². The molecular formula is C10H8N6O. The van der Waals surface area contributed by atoms with Crippen molar-refractivity contribution in [3.63, 3.8) is 0 Å². The molecular weight excluding hydrogens is 220 g/mol. The summed E-state index contributed by atoms with van der Waals surface area (Å²) in [5.41, 5.74) is 2.53. The molecule has 0 aliphatic carbocycles. The number of rotatable bonds is 2. The maximum Gasteiger partial charge on any atom is 0.270 e. The van der Waals surface area contributed by atoms with Crippen molar-refractivity contribution in [3.8, 4) is 17.3 Å². The molecule has 0 unspecified atom stereocenters. The number of nitriles is 1. The third-order valence-corrected chi connectivity index (χ3v) is 2.12. The minimum Gasteiger partial charge on any atom is -0.294 e. The van der Waals surface area contributed by atoms with E-state index in [1.165, 1.54) is 0 Å². The van der Waals surface area contributed by atoms with E-state index in [1.54, 1.807) is 24.5 Å². The van der Waals surface area contributed by atoms with Crippen molar-refractivity contribution >= 4 is 5.95 Å². The van der Waals surface area contributed by atoms with Crippen molar-refractivity contribution in [2.75, 3.05) is 5.43 Å². The highest BCUT2D eigenvalue weighted by Gasteiger charge is 2.12. The molecule has 0 aromatic carbocycles. The second-order valence-electron chi connectivity index (χ2n) is 3.13. The van der Waals surface area contributed by atoms with Crippen LogP contribution in [0.4, 0.5) is 5.95 Å². The topological polar surface area (TPSA) is 120 Å². The Bertz CT molecular complexity index is 627. The van der Waals surface area contributed by atoms with Gasteiger partial charge in [0, 0.05) is 18.0 Å². The van der Waals surface area contributed by atoms with Crippen molar-refractivity contribution in [3.05, 3.63) is 40.4 Å². The number of aromatic nitrogens is 3. The molecule has 17 heavy (non-hydrogen) atoms. The van der Waals surface area contributed by atoms with E-state index in [0.29, 0.717) is 5.56 Å². The summed E-state index contributed by atoms with van der Waals surface area (Å²) in [7, 11) is 0. The fourth-order valence-electron chi connectivity index (χ4n) is 1.36. The van der Waals surface area contributed by atoms with Crippen molar-refractivity contribution in [2.24, 2.45) is 5.84 Å². The van der Waals surface area contributed by atoms with Crippen LogP contribution < -0.4 is 16.8 Å². The first kappa shape index (κ1) is 10.8. The van der Waals surface area contributed by atoms with Gasteiger partial charge in [-0.05, 0) is 12.1 Å². The number of nitrogens with two attached hydrogens (primary N) is 1. The number of hydrazine groups is 1. The number of aromatic amines is 1. The maximum absolute atomic E-state index is 11.6. The summed E-state index contributed by atoms with van der Waals surface area (Å²) in [4.78, 5) is 21.8. The normalized spacial score (nSPS) is 9.65. The Hall–Kier alpha value is -2.72. The summed E-state index contributed by atoms with van der Waals surface area (Å²) in [5, 5.41) is 8.95. The molecule has 2 rings (SSSR count). The Morgan fingerprint density at radius 2 is 2.12 bits per heavy atom. The summed E-state index contributed by atoms with van der Waals surface area (Å²) >= 11 is 0. The van der Waals surface area contributed by atoms with Gasteiger partial charge in [-0.25, -0.2) is 10.8 Å². The van der Waals surface area contributed by atoms with E-state index in [1.807, 2.05) is 6.07 Å². The summed E-state index contributed by atoms with van der Waals surface area (Å²) < 4.78 is 0. The number of nitrogens with zero attached hydrogens (tertiary/aromatic N) is 3. The SMILES string of the molecule is N#Cc1c(-c2ccncc2)nc(NN)[nH]c1=O. The first-order chi connectivity index (χ1) is 8.26. The molecule has 0 saturated carbocycles. The first-order valence-corrected chi connectivity index (χ1v) is 4.67. The van der Waals surface area contributed by atoms with Crippen molar-refractivity contribution in [1.29, 1.82) is 5.26 Å². The number of hydrogen-bond acceptors (Lipinski definition) is 6. The molecule has 0 fully saturated rings. The van der Waals surface area contributed by atoms with Crippen molar-refractivity contribution in [1.82, 2.24) is 15.0 Å². The van der Waals surface area contributed by atoms with E-state index >= 15 is 0 Å². The quantitative estimate of drug-likeness (QED) is 0.491. The van der Waals surface area contributed by atoms with Crippen LogP contribution in [-0.2, 0) is 0 Å². The molecule has 0 radical (unpaired) electrons. The van der Waals surface area contributed by atoms with Crippen LogP contribution >= 0.6 is 0 Å². The highest BCUT2D eigenvalue weighted by Crippen LogP contribution is 2.18. The van der Waals surface area contributed by atoms with Gasteiger partial charge in [0.2, 0.25) is 5.95 Å². The van der Waals surface area contributed by atoms with Crippen LogP contribution in [0.25, 0.3) is 11.3 Å². The van der Waals surface area contributed by atoms with E-state index in [0.717, 1.165) is 0 Å². The van der Waals surface area contributed by atoms with Crippen LogP contribution in [0.3, 0.4) is 0 Å². The number of pyridine rings is 1. The molecule has 4 N–H and O–H groups in total. The minimum absolute atomic E-state index is 0.0600. The lowest BCUT2D eigenvalue weighted by molar-refractivity contribution is 1.07. The lowest BCUT2D eigenvalue weighted by Crippen LogP contribution is -2.20. The highest BCUT2D eigenvalue weighted by atomic mass is 16.1. The molecule has 0 atom stereocenters. The Balaban J connectivity index is 2.72. The highest BCUT2D eigenvalue weighted by molar-refractivity contribution is 5.66. The molecule has 0 amide bonds. The fraction of sp³-hybridized carbons (Fsp3) is 0. The lowest BCUT2D eigenvalue weighted by atomic mass is 10.1. The molecule has 2 heterocycles. The number of hydrogen-bond donors (Lipinski definition) is 3. The van der Waals surface area contributed by atoms with Crippen molar-refractivity contribution in [2.45, 2.75) is 0 Å². The Morgan fingerprint density at radius 1 is 1.41 bits per heavy atom. The van der Waals surface area contributed by atoms with Gasteiger partial charge in [-0.2, -0.15) is 5.26 Å². The second-order valence-corrected chi connectivity index (χ2v) is 3.13. The van der Waals surface area contributed by atoms with Crippen molar-refractivity contribution < 1.29 is 0 Å². The van der Waals surface area contributed by atoms with Gasteiger partial charge >= 0.3 is 0 Å². The zero-order chi connectivity index (χ0) is 12.3. The molecule has 2 aromatic heterocycles. The number of anilines is 1. The summed E-state index contributed by atoms with van der Waals surface area (Å²) in [6.45, 7) is 0. The Kier molecular flexibility index (Phi) is 2.81. The predicted molar refractivity (Wildman–Crippen MR) is 60.6 cm³/mol. The summed E-state index contributed by atoms with van der Waals surface area (Å²) in [6, 6.07) is 5.13. The molecule has 7 nitrogen and oxygen atoms in total. The average Bonchev–Trinajstić information content (AvgIpc) is 2.38. The predicted octanol–water partition coefficient (Wildman–Crippen LogP) is -0.0108. The molecule has 0 saturated heterocycles. The smallest absolute Gasteiger partial charge is 0.270 e. The second kappa shape index (κ2) is 4.42. The molecule has 7 heteroatoms. The summed E-state index contributed by atoms with van der Waals surface area (Å²) in [5.74, 6) is 5.28. The monoisotopic (exact) mass is 228 g/mol. The van der Waals surface area contributed by atoms with Gasteiger partial charge in [0.1, 0.15) is 11.6 Å². The zero-order valence-corrected chi connectivity index (χ0v) is 8.64. The van der Waals surface area contributed by atoms with Gasteiger partial charge in [-0.3, -0.25) is 20.2 Å². The molecule has 0 aliphatic rings. The van der Waals surface area contributed by atoms with E-state index in [4.69, 9.17) is 11.1 Å². The molecule has 0 bridgehead atoms. The fourth-order valence-corrected chi connectivity index (χ4v) is 1.36. The molecule has 0 aliphatic heterocycles. The van der Waals surface area contributed by atoms with Gasteiger partial charge in [0.05, 0.1) is 5.69 Å². The number of H-pyrrole nitrogens is 1. The first-order valence-electron chi connectivity index (χ1n) is 4.67. The van der Waals surface area contributed by atoms with E-state index in [9.17, 15) is 4.79 Å². The standard InChI is InChI=1S/C10H8N6O/c11-5-7-8(6-1-3-13-4-2-6)14-10(16-12)15-9(7)17/h1-4H,12H2,(H2,14,15,16,17). The van der Waals surface area contributed by atoms with Crippen LogP contribution in [0.1, 0.15) is 5.56 Å². The third-order valence-electron chi connectivity index (χ3n) is 2.12. The maximum atomic E-state index is 11.6. The number of nitrogens with one attached hydrogen (secondary N) is 2. The number of nitrogen functional groups attached to an aromatic ring is 1. The Morgan fingerprint density at radius 3 is 2.71 bits per heavy atom. The van der Waals surface area contributed by atoms with E-state index < -0.39 is 5.56 Å². The van der Waals surface area contributed by atoms with Gasteiger partial charge < -0.3 is 0 Å². The van der Waals surface area contributed by atoms with Crippen LogP contribution in [0.2, 0.25) is 0 Å². The van der Waals surface area contributed by atoms with Crippen LogP contribution in [-0.4, -0.2) is 15.0 Å².